The number of halogens is 1. The van der Waals surface area contributed by atoms with Crippen molar-refractivity contribution in [2.45, 2.75) is 19.4 Å². The van der Waals surface area contributed by atoms with Crippen LogP contribution in [0.15, 0.2) is 22.7 Å². The van der Waals surface area contributed by atoms with Crippen molar-refractivity contribution in [3.05, 3.63) is 28.2 Å². The highest BCUT2D eigenvalue weighted by atomic mass is 79.9. The van der Waals surface area contributed by atoms with Crippen LogP contribution < -0.4 is 10.6 Å². The molecule has 0 unspecified atom stereocenters. The van der Waals surface area contributed by atoms with E-state index in [1.807, 2.05) is 13.0 Å². The smallest absolute Gasteiger partial charge is 0.251 e. The zero-order valence-corrected chi connectivity index (χ0v) is 10.3. The van der Waals surface area contributed by atoms with Gasteiger partial charge in [0.15, 0.2) is 0 Å². The SMILES string of the molecule is Cc1ccc(N2C(=O)C[C@H](N)C2=O)cc1Br. The zero-order valence-electron chi connectivity index (χ0n) is 8.74. The third-order valence-corrected chi connectivity index (χ3v) is 3.45. The lowest BCUT2D eigenvalue weighted by Gasteiger charge is -2.15. The predicted molar refractivity (Wildman–Crippen MR) is 64.0 cm³/mol. The molecule has 4 nitrogen and oxygen atoms in total. The van der Waals surface area contributed by atoms with Crippen LogP contribution in [0.2, 0.25) is 0 Å². The average Bonchev–Trinajstić information content (AvgIpc) is 2.47. The summed E-state index contributed by atoms with van der Waals surface area (Å²) in [5.74, 6) is -0.575. The average molecular weight is 283 g/mol. The number of benzene rings is 1. The van der Waals surface area contributed by atoms with Crippen molar-refractivity contribution in [2.24, 2.45) is 5.73 Å². The molecule has 1 fully saturated rings. The second-order valence-corrected chi connectivity index (χ2v) is 4.67. The Hall–Kier alpha value is -1.20. The Bertz CT molecular complexity index is 473. The lowest BCUT2D eigenvalue weighted by molar-refractivity contribution is -0.121. The number of nitrogens with two attached hydrogens (primary N) is 1. The van der Waals surface area contributed by atoms with Crippen molar-refractivity contribution in [1.82, 2.24) is 0 Å². The fraction of sp³-hybridized carbons (Fsp3) is 0.273. The molecule has 0 aromatic heterocycles. The molecule has 2 N–H and O–H groups in total. The third kappa shape index (κ3) is 1.76. The lowest BCUT2D eigenvalue weighted by Crippen LogP contribution is -2.35. The summed E-state index contributed by atoms with van der Waals surface area (Å²) in [4.78, 5) is 24.4. The molecule has 1 aliphatic rings. The van der Waals surface area contributed by atoms with Gasteiger partial charge in [-0.3, -0.25) is 9.59 Å². The number of amides is 2. The van der Waals surface area contributed by atoms with Crippen LogP contribution in [0.3, 0.4) is 0 Å². The second-order valence-electron chi connectivity index (χ2n) is 3.81. The van der Waals surface area contributed by atoms with Crippen molar-refractivity contribution < 1.29 is 9.59 Å². The largest absolute Gasteiger partial charge is 0.319 e. The van der Waals surface area contributed by atoms with Crippen LogP contribution in [0.4, 0.5) is 5.69 Å². The number of carbonyl (C=O) groups is 2. The number of aryl methyl sites for hydroxylation is 1. The van der Waals surface area contributed by atoms with Gasteiger partial charge in [-0.2, -0.15) is 0 Å². The minimum Gasteiger partial charge on any atom is -0.319 e. The molecule has 1 aromatic carbocycles. The highest BCUT2D eigenvalue weighted by Gasteiger charge is 2.37. The predicted octanol–water partition coefficient (Wildman–Crippen LogP) is 1.35. The van der Waals surface area contributed by atoms with Gasteiger partial charge in [0.2, 0.25) is 5.91 Å². The molecule has 0 spiro atoms. The lowest BCUT2D eigenvalue weighted by atomic mass is 10.2. The van der Waals surface area contributed by atoms with Crippen LogP contribution in [-0.4, -0.2) is 17.9 Å². The van der Waals surface area contributed by atoms with Crippen molar-refractivity contribution in [3.8, 4) is 0 Å². The molecule has 1 saturated heterocycles. The molecule has 2 amide bonds. The van der Waals surface area contributed by atoms with Crippen LogP contribution in [-0.2, 0) is 9.59 Å². The van der Waals surface area contributed by atoms with Crippen LogP contribution >= 0.6 is 15.9 Å². The van der Waals surface area contributed by atoms with Gasteiger partial charge in [-0.15, -0.1) is 0 Å². The van der Waals surface area contributed by atoms with E-state index in [1.165, 1.54) is 0 Å². The molecular weight excluding hydrogens is 272 g/mol. The van der Waals surface area contributed by atoms with Crippen LogP contribution in [0.25, 0.3) is 0 Å². The molecule has 2 rings (SSSR count). The minimum absolute atomic E-state index is 0.0876. The molecule has 1 aromatic rings. The summed E-state index contributed by atoms with van der Waals surface area (Å²) < 4.78 is 0.867. The Labute approximate surface area is 102 Å². The van der Waals surface area contributed by atoms with Gasteiger partial charge >= 0.3 is 0 Å². The Kier molecular flexibility index (Phi) is 2.82. The first-order valence-electron chi connectivity index (χ1n) is 4.89. The molecule has 0 saturated carbocycles. The summed E-state index contributed by atoms with van der Waals surface area (Å²) in [7, 11) is 0. The summed E-state index contributed by atoms with van der Waals surface area (Å²) in [6, 6.07) is 4.65. The van der Waals surface area contributed by atoms with Crippen LogP contribution in [0.1, 0.15) is 12.0 Å². The Morgan fingerprint density at radius 1 is 1.44 bits per heavy atom. The van der Waals surface area contributed by atoms with E-state index in [4.69, 9.17) is 5.73 Å². The normalized spacial score (nSPS) is 20.7. The number of hydrogen-bond acceptors (Lipinski definition) is 3. The molecule has 5 heteroatoms. The van der Waals surface area contributed by atoms with Gasteiger partial charge in [0, 0.05) is 4.47 Å². The van der Waals surface area contributed by atoms with Crippen LogP contribution in [0, 0.1) is 6.92 Å². The Morgan fingerprint density at radius 3 is 2.62 bits per heavy atom. The summed E-state index contributed by atoms with van der Waals surface area (Å²) in [6.07, 6.45) is 0.0876. The molecule has 16 heavy (non-hydrogen) atoms. The Balaban J connectivity index is 2.41. The first-order chi connectivity index (χ1) is 7.50. The molecular formula is C11H11BrN2O2. The van der Waals surface area contributed by atoms with E-state index < -0.39 is 6.04 Å². The minimum atomic E-state index is -0.701. The fourth-order valence-electron chi connectivity index (χ4n) is 1.65. The monoisotopic (exact) mass is 282 g/mol. The fourth-order valence-corrected chi connectivity index (χ4v) is 2.01. The van der Waals surface area contributed by atoms with Gasteiger partial charge in [0.1, 0.15) is 0 Å². The number of hydrogen-bond donors (Lipinski definition) is 1. The van der Waals surface area contributed by atoms with Crippen molar-refractivity contribution >= 4 is 33.4 Å². The quantitative estimate of drug-likeness (QED) is 0.791. The summed E-state index contributed by atoms with van der Waals surface area (Å²) in [5.41, 5.74) is 7.16. The number of anilines is 1. The molecule has 0 radical (unpaired) electrons. The molecule has 0 bridgehead atoms. The van der Waals surface area contributed by atoms with E-state index in [9.17, 15) is 9.59 Å². The topological polar surface area (TPSA) is 63.4 Å². The molecule has 0 aliphatic carbocycles. The van der Waals surface area contributed by atoms with Gasteiger partial charge < -0.3 is 5.73 Å². The standard InChI is InChI=1S/C11H11BrN2O2/c1-6-2-3-7(4-8(6)12)14-10(15)5-9(13)11(14)16/h2-4,9H,5,13H2,1H3/t9-/m0/s1. The van der Waals surface area contributed by atoms with E-state index in [0.29, 0.717) is 5.69 Å². The number of rotatable bonds is 1. The summed E-state index contributed by atoms with van der Waals surface area (Å²) >= 11 is 3.37. The highest BCUT2D eigenvalue weighted by Crippen LogP contribution is 2.27. The van der Waals surface area contributed by atoms with E-state index in [1.54, 1.807) is 12.1 Å². The van der Waals surface area contributed by atoms with E-state index in [2.05, 4.69) is 15.9 Å². The van der Waals surface area contributed by atoms with Crippen molar-refractivity contribution in [3.63, 3.8) is 0 Å². The maximum absolute atomic E-state index is 11.7. The van der Waals surface area contributed by atoms with Crippen LogP contribution in [0.5, 0.6) is 0 Å². The maximum atomic E-state index is 11.7. The number of imide groups is 1. The molecule has 84 valence electrons. The van der Waals surface area contributed by atoms with Gasteiger partial charge in [-0.1, -0.05) is 22.0 Å². The van der Waals surface area contributed by atoms with Gasteiger partial charge in [0.25, 0.3) is 5.91 Å². The molecule has 1 heterocycles. The first-order valence-corrected chi connectivity index (χ1v) is 5.68. The Morgan fingerprint density at radius 2 is 2.12 bits per heavy atom. The van der Waals surface area contributed by atoms with Gasteiger partial charge in [-0.25, -0.2) is 4.90 Å². The number of carbonyl (C=O) groups excluding carboxylic acids is 2. The molecule has 1 atom stereocenters. The highest BCUT2D eigenvalue weighted by molar-refractivity contribution is 9.10. The molecule has 1 aliphatic heterocycles. The van der Waals surface area contributed by atoms with E-state index >= 15 is 0 Å². The van der Waals surface area contributed by atoms with E-state index in [-0.39, 0.29) is 18.2 Å². The summed E-state index contributed by atoms with van der Waals surface area (Å²) in [6.45, 7) is 1.94. The van der Waals surface area contributed by atoms with Gasteiger partial charge in [-0.05, 0) is 24.6 Å². The third-order valence-electron chi connectivity index (χ3n) is 2.60. The van der Waals surface area contributed by atoms with Crippen molar-refractivity contribution in [2.75, 3.05) is 4.90 Å². The first kappa shape index (κ1) is 11.3. The number of nitrogens with zero attached hydrogens (tertiary/aromatic N) is 1. The zero-order chi connectivity index (χ0) is 11.9. The van der Waals surface area contributed by atoms with E-state index in [0.717, 1.165) is 14.9 Å². The second kappa shape index (κ2) is 3.99. The van der Waals surface area contributed by atoms with Gasteiger partial charge in [0.05, 0.1) is 18.2 Å². The maximum Gasteiger partial charge on any atom is 0.251 e. The summed E-state index contributed by atoms with van der Waals surface area (Å²) in [5, 5.41) is 0. The van der Waals surface area contributed by atoms with Crippen molar-refractivity contribution in [1.29, 1.82) is 0 Å².